The smallest absolute Gasteiger partial charge is 0.262 e. The molecule has 2 amide bonds. The number of carbonyl (C=O) groups excluding carboxylic acids is 2. The lowest BCUT2D eigenvalue weighted by Crippen LogP contribution is -2.20. The molecule has 0 spiro atoms. The van der Waals surface area contributed by atoms with Gasteiger partial charge in [0.05, 0.1) is 0 Å². The fraction of sp³-hybridized carbons (Fsp3) is 0.130. The van der Waals surface area contributed by atoms with E-state index in [2.05, 4.69) is 17.6 Å². The summed E-state index contributed by atoms with van der Waals surface area (Å²) in [5, 5.41) is 6.18. The summed E-state index contributed by atoms with van der Waals surface area (Å²) in [4.78, 5) is 24.3. The summed E-state index contributed by atoms with van der Waals surface area (Å²) >= 11 is 5.84. The van der Waals surface area contributed by atoms with Gasteiger partial charge in [-0.2, -0.15) is 0 Å². The van der Waals surface area contributed by atoms with E-state index in [1.807, 2.05) is 24.3 Å². The Labute approximate surface area is 174 Å². The first-order valence-corrected chi connectivity index (χ1v) is 9.60. The molecule has 3 rings (SSSR count). The summed E-state index contributed by atoms with van der Waals surface area (Å²) in [5.41, 5.74) is 3.07. The molecular formula is C23H21ClN2O3. The van der Waals surface area contributed by atoms with Crippen LogP contribution in [0.4, 0.5) is 11.4 Å². The van der Waals surface area contributed by atoms with Gasteiger partial charge >= 0.3 is 0 Å². The minimum atomic E-state index is -0.251. The van der Waals surface area contributed by atoms with E-state index >= 15 is 0 Å². The first-order chi connectivity index (χ1) is 14.0. The third-order valence-corrected chi connectivity index (χ3v) is 4.49. The van der Waals surface area contributed by atoms with Gasteiger partial charge in [-0.3, -0.25) is 9.59 Å². The summed E-state index contributed by atoms with van der Waals surface area (Å²) < 4.78 is 5.49. The molecule has 0 aliphatic carbocycles. The molecule has 3 aromatic carbocycles. The van der Waals surface area contributed by atoms with Crippen LogP contribution in [0.5, 0.6) is 5.75 Å². The molecule has 0 radical (unpaired) electrons. The summed E-state index contributed by atoms with van der Waals surface area (Å²) in [6.07, 6.45) is 0.949. The zero-order valence-electron chi connectivity index (χ0n) is 15.9. The monoisotopic (exact) mass is 408 g/mol. The Bertz CT molecular complexity index is 969. The van der Waals surface area contributed by atoms with Crippen LogP contribution < -0.4 is 15.4 Å². The number of amides is 2. The second-order valence-electron chi connectivity index (χ2n) is 6.37. The number of ether oxygens (including phenoxy) is 1. The molecule has 29 heavy (non-hydrogen) atoms. The van der Waals surface area contributed by atoms with Gasteiger partial charge in [-0.1, -0.05) is 30.7 Å². The van der Waals surface area contributed by atoms with Gasteiger partial charge in [0.2, 0.25) is 0 Å². The molecule has 0 atom stereocenters. The average Bonchev–Trinajstić information content (AvgIpc) is 2.75. The number of hydrogen-bond donors (Lipinski definition) is 2. The van der Waals surface area contributed by atoms with Crippen molar-refractivity contribution in [2.45, 2.75) is 13.3 Å². The van der Waals surface area contributed by atoms with Gasteiger partial charge in [-0.25, -0.2) is 0 Å². The van der Waals surface area contributed by atoms with E-state index in [0.717, 1.165) is 12.1 Å². The van der Waals surface area contributed by atoms with Gasteiger partial charge in [0.15, 0.2) is 6.61 Å². The number of hydrogen-bond acceptors (Lipinski definition) is 3. The number of halogens is 1. The number of nitrogens with one attached hydrogen (secondary N) is 2. The number of anilines is 2. The number of aryl methyl sites for hydroxylation is 1. The van der Waals surface area contributed by atoms with Gasteiger partial charge < -0.3 is 15.4 Å². The molecule has 0 heterocycles. The second kappa shape index (κ2) is 9.75. The van der Waals surface area contributed by atoms with Crippen molar-refractivity contribution in [1.82, 2.24) is 0 Å². The Morgan fingerprint density at radius 2 is 1.41 bits per heavy atom. The standard InChI is InChI=1S/C23H21ClN2O3/c1-2-16-3-9-19(10-4-16)25-22(27)15-29-21-13-5-17(6-14-21)23(28)26-20-11-7-18(24)8-12-20/h3-14H,2,15H2,1H3,(H,25,27)(H,26,28). The zero-order valence-corrected chi connectivity index (χ0v) is 16.7. The van der Waals surface area contributed by atoms with Crippen molar-refractivity contribution in [2.24, 2.45) is 0 Å². The molecule has 0 bridgehead atoms. The maximum atomic E-state index is 12.3. The molecule has 6 heteroatoms. The number of benzene rings is 3. The van der Waals surface area contributed by atoms with Crippen LogP contribution in [0.25, 0.3) is 0 Å². The zero-order chi connectivity index (χ0) is 20.6. The fourth-order valence-corrected chi connectivity index (χ4v) is 2.73. The molecule has 0 saturated heterocycles. The average molecular weight is 409 g/mol. The molecule has 0 saturated carbocycles. The van der Waals surface area contributed by atoms with Crippen LogP contribution >= 0.6 is 11.6 Å². The Morgan fingerprint density at radius 1 is 0.828 bits per heavy atom. The SMILES string of the molecule is CCc1ccc(NC(=O)COc2ccc(C(=O)Nc3ccc(Cl)cc3)cc2)cc1. The lowest BCUT2D eigenvalue weighted by molar-refractivity contribution is -0.118. The fourth-order valence-electron chi connectivity index (χ4n) is 2.61. The van der Waals surface area contributed by atoms with Crippen LogP contribution in [-0.2, 0) is 11.2 Å². The molecule has 0 aliphatic rings. The number of carbonyl (C=O) groups is 2. The summed E-state index contributed by atoms with van der Waals surface area (Å²) in [5.74, 6) is 0.00970. The van der Waals surface area contributed by atoms with E-state index in [4.69, 9.17) is 16.3 Å². The van der Waals surface area contributed by atoms with Gasteiger partial charge in [-0.05, 0) is 72.6 Å². The lowest BCUT2D eigenvalue weighted by Gasteiger charge is -2.09. The van der Waals surface area contributed by atoms with Crippen molar-refractivity contribution in [3.63, 3.8) is 0 Å². The van der Waals surface area contributed by atoms with Crippen molar-refractivity contribution in [3.8, 4) is 5.75 Å². The minimum absolute atomic E-state index is 0.119. The van der Waals surface area contributed by atoms with Crippen LogP contribution in [0.1, 0.15) is 22.8 Å². The van der Waals surface area contributed by atoms with Crippen molar-refractivity contribution in [3.05, 3.63) is 88.9 Å². The maximum Gasteiger partial charge on any atom is 0.262 e. The predicted octanol–water partition coefficient (Wildman–Crippen LogP) is 5.17. The molecule has 5 nitrogen and oxygen atoms in total. The van der Waals surface area contributed by atoms with Gasteiger partial charge in [0.25, 0.3) is 11.8 Å². The molecule has 2 N–H and O–H groups in total. The minimum Gasteiger partial charge on any atom is -0.484 e. The normalized spacial score (nSPS) is 10.3. The Balaban J connectivity index is 1.49. The second-order valence-corrected chi connectivity index (χ2v) is 6.81. The summed E-state index contributed by atoms with van der Waals surface area (Å²) in [7, 11) is 0. The van der Waals surface area contributed by atoms with Gasteiger partial charge in [0.1, 0.15) is 5.75 Å². The quantitative estimate of drug-likeness (QED) is 0.566. The largest absolute Gasteiger partial charge is 0.484 e. The van der Waals surface area contributed by atoms with E-state index in [-0.39, 0.29) is 18.4 Å². The first-order valence-electron chi connectivity index (χ1n) is 9.22. The first kappa shape index (κ1) is 20.4. The highest BCUT2D eigenvalue weighted by Crippen LogP contribution is 2.17. The van der Waals surface area contributed by atoms with E-state index in [9.17, 15) is 9.59 Å². The number of rotatable bonds is 7. The molecule has 0 fully saturated rings. The van der Waals surface area contributed by atoms with Crippen molar-refractivity contribution < 1.29 is 14.3 Å². The van der Waals surface area contributed by atoms with Crippen LogP contribution in [-0.4, -0.2) is 18.4 Å². The third-order valence-electron chi connectivity index (χ3n) is 4.23. The molecule has 148 valence electrons. The molecule has 0 aromatic heterocycles. The predicted molar refractivity (Wildman–Crippen MR) is 116 cm³/mol. The Kier molecular flexibility index (Phi) is 6.87. The highest BCUT2D eigenvalue weighted by atomic mass is 35.5. The maximum absolute atomic E-state index is 12.3. The highest BCUT2D eigenvalue weighted by molar-refractivity contribution is 6.30. The van der Waals surface area contributed by atoms with Crippen molar-refractivity contribution in [2.75, 3.05) is 17.2 Å². The van der Waals surface area contributed by atoms with Gasteiger partial charge in [-0.15, -0.1) is 0 Å². The van der Waals surface area contributed by atoms with E-state index in [0.29, 0.717) is 22.0 Å². The Hall–Kier alpha value is -3.31. The molecule has 3 aromatic rings. The molecule has 0 unspecified atom stereocenters. The van der Waals surface area contributed by atoms with Crippen LogP contribution in [0.3, 0.4) is 0 Å². The topological polar surface area (TPSA) is 67.4 Å². The van der Waals surface area contributed by atoms with E-state index in [1.165, 1.54) is 5.56 Å². The summed E-state index contributed by atoms with van der Waals surface area (Å²) in [6, 6.07) is 21.1. The lowest BCUT2D eigenvalue weighted by atomic mass is 10.1. The van der Waals surface area contributed by atoms with Crippen LogP contribution in [0.2, 0.25) is 5.02 Å². The van der Waals surface area contributed by atoms with E-state index < -0.39 is 0 Å². The van der Waals surface area contributed by atoms with Crippen LogP contribution in [0.15, 0.2) is 72.8 Å². The molecular weight excluding hydrogens is 388 g/mol. The van der Waals surface area contributed by atoms with E-state index in [1.54, 1.807) is 48.5 Å². The highest BCUT2D eigenvalue weighted by Gasteiger charge is 2.08. The van der Waals surface area contributed by atoms with Crippen LogP contribution in [0, 0.1) is 0 Å². The Morgan fingerprint density at radius 3 is 2.03 bits per heavy atom. The van der Waals surface area contributed by atoms with Crippen molar-refractivity contribution >= 4 is 34.8 Å². The molecule has 0 aliphatic heterocycles. The summed E-state index contributed by atoms with van der Waals surface area (Å²) in [6.45, 7) is 1.96. The van der Waals surface area contributed by atoms with Gasteiger partial charge in [0, 0.05) is 22.0 Å². The van der Waals surface area contributed by atoms with Crippen molar-refractivity contribution in [1.29, 1.82) is 0 Å². The third kappa shape index (κ3) is 6.09.